The molecule has 5 N–H and O–H groups in total. The molecule has 0 radical (unpaired) electrons. The van der Waals surface area contributed by atoms with E-state index in [4.69, 9.17) is 0 Å². The van der Waals surface area contributed by atoms with Crippen molar-refractivity contribution in [2.24, 2.45) is 0 Å². The summed E-state index contributed by atoms with van der Waals surface area (Å²) in [4.78, 5) is 0. The predicted molar refractivity (Wildman–Crippen MR) is 127 cm³/mol. The van der Waals surface area contributed by atoms with Crippen LogP contribution in [0.15, 0.2) is 84.8 Å². The van der Waals surface area contributed by atoms with Crippen LogP contribution >= 0.6 is 0 Å². The number of rotatable bonds is 5. The SMILES string of the molecule is Cc1cccc(O)c1N1C=C(C(O)(c2ccccc2)c2cn(-c3c(C)cccc3O)nn2)NN1. The van der Waals surface area contributed by atoms with Crippen LogP contribution in [-0.4, -0.2) is 30.3 Å². The van der Waals surface area contributed by atoms with Crippen molar-refractivity contribution in [1.29, 1.82) is 0 Å². The van der Waals surface area contributed by atoms with Gasteiger partial charge in [0.05, 0.1) is 11.9 Å². The average molecular weight is 457 g/mol. The summed E-state index contributed by atoms with van der Waals surface area (Å²) in [7, 11) is 0. The van der Waals surface area contributed by atoms with Crippen LogP contribution in [0.3, 0.4) is 0 Å². The fourth-order valence-electron chi connectivity index (χ4n) is 4.18. The van der Waals surface area contributed by atoms with Crippen LogP contribution in [0.2, 0.25) is 0 Å². The number of nitrogens with one attached hydrogen (secondary N) is 2. The minimum absolute atomic E-state index is 0.0563. The molecule has 0 spiro atoms. The average Bonchev–Trinajstić information content (AvgIpc) is 3.50. The number of phenolic OH excluding ortho intramolecular Hbond substituents is 2. The maximum Gasteiger partial charge on any atom is 0.178 e. The molecule has 0 saturated heterocycles. The molecule has 34 heavy (non-hydrogen) atoms. The maximum absolute atomic E-state index is 12.1. The largest absolute Gasteiger partial charge is 0.506 e. The lowest BCUT2D eigenvalue weighted by Crippen LogP contribution is -2.42. The lowest BCUT2D eigenvalue weighted by atomic mass is 9.88. The minimum Gasteiger partial charge on any atom is -0.506 e. The lowest BCUT2D eigenvalue weighted by molar-refractivity contribution is 0.108. The molecule has 0 bridgehead atoms. The van der Waals surface area contributed by atoms with E-state index in [1.807, 2.05) is 44.2 Å². The van der Waals surface area contributed by atoms with Crippen molar-refractivity contribution in [3.8, 4) is 17.2 Å². The Morgan fingerprint density at radius 1 is 0.824 bits per heavy atom. The van der Waals surface area contributed by atoms with E-state index >= 15 is 0 Å². The van der Waals surface area contributed by atoms with E-state index < -0.39 is 5.60 Å². The lowest BCUT2D eigenvalue weighted by Gasteiger charge is -2.27. The van der Waals surface area contributed by atoms with Crippen LogP contribution < -0.4 is 16.0 Å². The molecule has 0 amide bonds. The van der Waals surface area contributed by atoms with Gasteiger partial charge >= 0.3 is 0 Å². The standard InChI is InChI=1S/C25H24N6O3/c1-16-8-6-12-19(32)23(16)30-14-21(26-28-30)25(34,18-10-4-3-5-11-18)22-15-31(29-27-22)24-17(2)9-7-13-20(24)33/h3-15,26,28,32-34H,1-2H3. The first-order valence-corrected chi connectivity index (χ1v) is 10.7. The molecular weight excluding hydrogens is 432 g/mol. The molecule has 9 heteroatoms. The highest BCUT2D eigenvalue weighted by molar-refractivity contribution is 5.65. The second-order valence-electron chi connectivity index (χ2n) is 8.16. The number of aromatic hydroxyl groups is 2. The number of hydrogen-bond acceptors (Lipinski definition) is 8. The number of para-hydroxylation sites is 2. The molecule has 0 saturated carbocycles. The highest BCUT2D eigenvalue weighted by atomic mass is 16.3. The van der Waals surface area contributed by atoms with Crippen molar-refractivity contribution in [3.63, 3.8) is 0 Å². The summed E-state index contributed by atoms with van der Waals surface area (Å²) in [6, 6.07) is 19.5. The number of phenols is 2. The second-order valence-corrected chi connectivity index (χ2v) is 8.16. The number of hydrazine groups is 2. The number of hydrogen-bond donors (Lipinski definition) is 5. The number of nitrogens with zero attached hydrogens (tertiary/aromatic N) is 4. The summed E-state index contributed by atoms with van der Waals surface area (Å²) < 4.78 is 1.45. The van der Waals surface area contributed by atoms with Gasteiger partial charge in [0.1, 0.15) is 28.6 Å². The molecule has 5 rings (SSSR count). The van der Waals surface area contributed by atoms with Gasteiger partial charge in [-0.15, -0.1) is 10.6 Å². The highest BCUT2D eigenvalue weighted by Crippen LogP contribution is 2.38. The summed E-state index contributed by atoms with van der Waals surface area (Å²) in [6.07, 6.45) is 3.25. The zero-order chi connectivity index (χ0) is 23.9. The Morgan fingerprint density at radius 2 is 1.47 bits per heavy atom. The summed E-state index contributed by atoms with van der Waals surface area (Å²) in [5, 5.41) is 43.0. The van der Waals surface area contributed by atoms with E-state index in [9.17, 15) is 15.3 Å². The molecule has 2 heterocycles. The third-order valence-corrected chi connectivity index (χ3v) is 5.92. The first-order chi connectivity index (χ1) is 16.4. The van der Waals surface area contributed by atoms with Gasteiger partial charge in [0.25, 0.3) is 0 Å². The van der Waals surface area contributed by atoms with Crippen molar-refractivity contribution in [1.82, 2.24) is 26.0 Å². The quantitative estimate of drug-likeness (QED) is 0.311. The molecule has 3 aromatic carbocycles. The Morgan fingerprint density at radius 3 is 2.12 bits per heavy atom. The Balaban J connectivity index is 1.63. The molecule has 4 aromatic rings. The van der Waals surface area contributed by atoms with E-state index in [0.29, 0.717) is 22.6 Å². The number of aliphatic hydroxyl groups is 1. The summed E-state index contributed by atoms with van der Waals surface area (Å²) in [5.74, 6) is 0.150. The topological polar surface area (TPSA) is 119 Å². The fraction of sp³-hybridized carbons (Fsp3) is 0.120. The van der Waals surface area contributed by atoms with Crippen LogP contribution in [0.1, 0.15) is 22.4 Å². The van der Waals surface area contributed by atoms with E-state index in [-0.39, 0.29) is 17.2 Å². The second kappa shape index (κ2) is 8.22. The third-order valence-electron chi connectivity index (χ3n) is 5.92. The van der Waals surface area contributed by atoms with Gasteiger partial charge in [0.2, 0.25) is 0 Å². The van der Waals surface area contributed by atoms with Crippen LogP contribution in [-0.2, 0) is 5.60 Å². The smallest absolute Gasteiger partial charge is 0.178 e. The molecular formula is C25H24N6O3. The van der Waals surface area contributed by atoms with E-state index in [1.165, 1.54) is 4.68 Å². The first kappa shape index (κ1) is 21.5. The van der Waals surface area contributed by atoms with Gasteiger partial charge in [-0.05, 0) is 42.7 Å². The Hall–Kier alpha value is -4.34. The van der Waals surface area contributed by atoms with Gasteiger partial charge in [-0.25, -0.2) is 4.68 Å². The Labute approximate surface area is 196 Å². The fourth-order valence-corrected chi connectivity index (χ4v) is 4.18. The number of benzene rings is 3. The first-order valence-electron chi connectivity index (χ1n) is 10.7. The minimum atomic E-state index is -1.71. The molecule has 172 valence electrons. The summed E-state index contributed by atoms with van der Waals surface area (Å²) in [6.45, 7) is 3.74. The summed E-state index contributed by atoms with van der Waals surface area (Å²) >= 11 is 0. The molecule has 1 unspecified atom stereocenters. The monoisotopic (exact) mass is 456 g/mol. The van der Waals surface area contributed by atoms with Gasteiger partial charge in [0.15, 0.2) is 5.60 Å². The zero-order valence-corrected chi connectivity index (χ0v) is 18.6. The molecule has 0 fully saturated rings. The van der Waals surface area contributed by atoms with Crippen molar-refractivity contribution >= 4 is 5.69 Å². The van der Waals surface area contributed by atoms with Gasteiger partial charge in [-0.3, -0.25) is 5.01 Å². The number of anilines is 1. The number of aromatic nitrogens is 3. The van der Waals surface area contributed by atoms with Crippen LogP contribution in [0.5, 0.6) is 11.5 Å². The molecule has 1 aromatic heterocycles. The van der Waals surface area contributed by atoms with E-state index in [1.54, 1.807) is 53.8 Å². The number of aryl methyl sites for hydroxylation is 2. The van der Waals surface area contributed by atoms with Crippen molar-refractivity contribution in [2.45, 2.75) is 19.4 Å². The van der Waals surface area contributed by atoms with E-state index in [0.717, 1.165) is 11.1 Å². The van der Waals surface area contributed by atoms with Crippen LogP contribution in [0, 0.1) is 13.8 Å². The molecule has 0 aliphatic carbocycles. The Kier molecular flexibility index (Phi) is 5.20. The maximum atomic E-state index is 12.1. The zero-order valence-electron chi connectivity index (χ0n) is 18.6. The van der Waals surface area contributed by atoms with Gasteiger partial charge in [-0.2, -0.15) is 0 Å². The molecule has 9 nitrogen and oxygen atoms in total. The highest BCUT2D eigenvalue weighted by Gasteiger charge is 2.42. The van der Waals surface area contributed by atoms with E-state index in [2.05, 4.69) is 21.3 Å². The predicted octanol–water partition coefficient (Wildman–Crippen LogP) is 2.90. The van der Waals surface area contributed by atoms with Gasteiger partial charge < -0.3 is 20.7 Å². The van der Waals surface area contributed by atoms with Crippen LogP contribution in [0.4, 0.5) is 5.69 Å². The van der Waals surface area contributed by atoms with Gasteiger partial charge in [-0.1, -0.05) is 59.8 Å². The third kappa shape index (κ3) is 3.43. The van der Waals surface area contributed by atoms with Crippen molar-refractivity contribution in [2.75, 3.05) is 5.01 Å². The molecule has 1 aliphatic rings. The summed E-state index contributed by atoms with van der Waals surface area (Å²) in [5.41, 5.74) is 8.16. The van der Waals surface area contributed by atoms with Gasteiger partial charge in [0, 0.05) is 6.20 Å². The molecule has 1 aliphatic heterocycles. The van der Waals surface area contributed by atoms with Crippen molar-refractivity contribution in [3.05, 3.63) is 107 Å². The Bertz CT molecular complexity index is 1340. The normalized spacial score (nSPS) is 15.0. The van der Waals surface area contributed by atoms with Crippen molar-refractivity contribution < 1.29 is 15.3 Å². The molecule has 1 atom stereocenters. The van der Waals surface area contributed by atoms with Crippen LogP contribution in [0.25, 0.3) is 5.69 Å².